The smallest absolute Gasteiger partial charge is 0.241 e. The highest BCUT2D eigenvalue weighted by Gasteiger charge is 2.24. The molecule has 2 aromatic carbocycles. The van der Waals surface area contributed by atoms with Crippen molar-refractivity contribution in [3.8, 4) is 11.3 Å². The van der Waals surface area contributed by atoms with Crippen molar-refractivity contribution >= 4 is 28.4 Å². The molecule has 0 saturated heterocycles. The summed E-state index contributed by atoms with van der Waals surface area (Å²) in [5.74, 6) is -0.0123. The number of amides is 1. The van der Waals surface area contributed by atoms with Crippen LogP contribution in [0.2, 0.25) is 5.02 Å². The Hall–Kier alpha value is -2.37. The molecule has 5 nitrogen and oxygen atoms in total. The summed E-state index contributed by atoms with van der Waals surface area (Å²) in [6, 6.07) is 16.9. The summed E-state index contributed by atoms with van der Waals surface area (Å²) in [6.45, 7) is 6.31. The van der Waals surface area contributed by atoms with Crippen LogP contribution in [-0.4, -0.2) is 45.8 Å². The molecule has 1 atom stereocenters. The molecule has 0 radical (unpaired) electrons. The second kappa shape index (κ2) is 11.2. The van der Waals surface area contributed by atoms with E-state index >= 15 is 0 Å². The van der Waals surface area contributed by atoms with E-state index in [9.17, 15) is 4.79 Å². The predicted octanol–water partition coefficient (Wildman–Crippen LogP) is 5.91. The minimum atomic E-state index is -0.0123. The standard InChI is InChI=1S/C27H35ClN4O/c1-3-20(2)31(23-12-8-5-9-13-23)17-16-29-26(33)19-32-25-15-14-22(28)18-24(25)27(30-32)21-10-6-4-7-11-21/h4,6-7,10-11,14-15,18,20,23H,3,5,8-9,12-13,16-17,19H2,1-2H3,(H,29,33)/t20-/m0/s1. The van der Waals surface area contributed by atoms with Gasteiger partial charge in [0.2, 0.25) is 5.91 Å². The number of nitrogens with zero attached hydrogens (tertiary/aromatic N) is 3. The third-order valence-electron chi connectivity index (χ3n) is 6.95. The van der Waals surface area contributed by atoms with Crippen LogP contribution in [0.1, 0.15) is 52.4 Å². The SMILES string of the molecule is CC[C@H](C)N(CCNC(=O)Cn1nc(-c2ccccc2)c2cc(Cl)ccc21)C1CCCCC1. The minimum Gasteiger partial charge on any atom is -0.353 e. The Bertz CT molecular complexity index is 1060. The maximum atomic E-state index is 12.8. The largest absolute Gasteiger partial charge is 0.353 e. The van der Waals surface area contributed by atoms with Gasteiger partial charge in [-0.3, -0.25) is 14.4 Å². The molecule has 0 spiro atoms. The summed E-state index contributed by atoms with van der Waals surface area (Å²) in [7, 11) is 0. The first-order chi connectivity index (χ1) is 16.1. The van der Waals surface area contributed by atoms with Crippen LogP contribution in [0, 0.1) is 0 Å². The first kappa shape index (κ1) is 23.8. The average molecular weight is 467 g/mol. The molecular formula is C27H35ClN4O. The number of aromatic nitrogens is 2. The van der Waals surface area contributed by atoms with Gasteiger partial charge in [0.15, 0.2) is 0 Å². The number of fused-ring (bicyclic) bond motifs is 1. The molecular weight excluding hydrogens is 432 g/mol. The molecule has 176 valence electrons. The van der Waals surface area contributed by atoms with Crippen molar-refractivity contribution in [2.24, 2.45) is 0 Å². The molecule has 1 aliphatic carbocycles. The lowest BCUT2D eigenvalue weighted by Gasteiger charge is -2.38. The Balaban J connectivity index is 1.43. The molecule has 1 amide bonds. The van der Waals surface area contributed by atoms with E-state index in [2.05, 4.69) is 24.1 Å². The number of hydrogen-bond donors (Lipinski definition) is 1. The molecule has 1 aliphatic rings. The van der Waals surface area contributed by atoms with E-state index in [1.807, 2.05) is 48.5 Å². The molecule has 0 unspecified atom stereocenters. The van der Waals surface area contributed by atoms with Gasteiger partial charge in [-0.25, -0.2) is 0 Å². The lowest BCUT2D eigenvalue weighted by Crippen LogP contribution is -2.46. The van der Waals surface area contributed by atoms with Crippen LogP contribution in [-0.2, 0) is 11.3 Å². The zero-order valence-electron chi connectivity index (χ0n) is 19.8. The fraction of sp³-hybridized carbons (Fsp3) is 0.481. The van der Waals surface area contributed by atoms with E-state index in [1.54, 1.807) is 4.68 Å². The highest BCUT2D eigenvalue weighted by molar-refractivity contribution is 6.31. The molecule has 6 heteroatoms. The molecule has 3 aromatic rings. The zero-order valence-corrected chi connectivity index (χ0v) is 20.5. The molecule has 33 heavy (non-hydrogen) atoms. The van der Waals surface area contributed by atoms with Gasteiger partial charge in [-0.2, -0.15) is 5.10 Å². The molecule has 4 rings (SSSR count). The van der Waals surface area contributed by atoms with Crippen LogP contribution in [0.25, 0.3) is 22.2 Å². The van der Waals surface area contributed by atoms with Crippen LogP contribution in [0.3, 0.4) is 0 Å². The van der Waals surface area contributed by atoms with Gasteiger partial charge in [0.1, 0.15) is 12.2 Å². The van der Waals surface area contributed by atoms with E-state index in [0.29, 0.717) is 23.7 Å². The number of carbonyl (C=O) groups is 1. The first-order valence-electron chi connectivity index (χ1n) is 12.3. The van der Waals surface area contributed by atoms with Crippen molar-refractivity contribution in [1.82, 2.24) is 20.0 Å². The fourth-order valence-electron chi connectivity index (χ4n) is 5.01. The van der Waals surface area contributed by atoms with Crippen molar-refractivity contribution in [2.45, 2.75) is 71.0 Å². The molecule has 1 aromatic heterocycles. The Kier molecular flexibility index (Phi) is 8.05. The topological polar surface area (TPSA) is 50.2 Å². The zero-order chi connectivity index (χ0) is 23.2. The van der Waals surface area contributed by atoms with Crippen molar-refractivity contribution in [1.29, 1.82) is 0 Å². The van der Waals surface area contributed by atoms with Crippen molar-refractivity contribution in [3.05, 3.63) is 53.6 Å². The Morgan fingerprint density at radius 3 is 2.67 bits per heavy atom. The Morgan fingerprint density at radius 2 is 1.94 bits per heavy atom. The number of halogens is 1. The molecule has 1 fully saturated rings. The molecule has 0 bridgehead atoms. The number of nitrogens with one attached hydrogen (secondary N) is 1. The quantitative estimate of drug-likeness (QED) is 0.426. The Labute approximate surface area is 202 Å². The van der Waals surface area contributed by atoms with E-state index in [-0.39, 0.29) is 12.5 Å². The maximum Gasteiger partial charge on any atom is 0.241 e. The molecule has 1 N–H and O–H groups in total. The molecule has 0 aliphatic heterocycles. The lowest BCUT2D eigenvalue weighted by atomic mass is 9.93. The van der Waals surface area contributed by atoms with Gasteiger partial charge in [0.05, 0.1) is 5.52 Å². The van der Waals surface area contributed by atoms with Crippen LogP contribution < -0.4 is 5.32 Å². The van der Waals surface area contributed by atoms with Crippen LogP contribution in [0.5, 0.6) is 0 Å². The lowest BCUT2D eigenvalue weighted by molar-refractivity contribution is -0.121. The van der Waals surface area contributed by atoms with Crippen LogP contribution >= 0.6 is 11.6 Å². The van der Waals surface area contributed by atoms with Gasteiger partial charge in [-0.1, -0.05) is 68.1 Å². The monoisotopic (exact) mass is 466 g/mol. The van der Waals surface area contributed by atoms with Gasteiger partial charge in [-0.15, -0.1) is 0 Å². The second-order valence-corrected chi connectivity index (χ2v) is 9.61. The Morgan fingerprint density at radius 1 is 1.18 bits per heavy atom. The molecule has 1 heterocycles. The number of carbonyl (C=O) groups excluding carboxylic acids is 1. The summed E-state index contributed by atoms with van der Waals surface area (Å²) in [5, 5.41) is 9.55. The van der Waals surface area contributed by atoms with Crippen LogP contribution in [0.15, 0.2) is 48.5 Å². The summed E-state index contributed by atoms with van der Waals surface area (Å²) in [5.41, 5.74) is 2.78. The third kappa shape index (κ3) is 5.77. The van der Waals surface area contributed by atoms with E-state index in [1.165, 1.54) is 32.1 Å². The van der Waals surface area contributed by atoms with Gasteiger partial charge in [0, 0.05) is 41.1 Å². The van der Waals surface area contributed by atoms with Crippen LogP contribution in [0.4, 0.5) is 0 Å². The summed E-state index contributed by atoms with van der Waals surface area (Å²) < 4.78 is 1.79. The number of rotatable bonds is 9. The normalized spacial score (nSPS) is 15.8. The average Bonchev–Trinajstić information content (AvgIpc) is 3.19. The minimum absolute atomic E-state index is 0.0123. The van der Waals surface area contributed by atoms with Crippen molar-refractivity contribution in [3.63, 3.8) is 0 Å². The highest BCUT2D eigenvalue weighted by Crippen LogP contribution is 2.30. The van der Waals surface area contributed by atoms with Crippen molar-refractivity contribution in [2.75, 3.05) is 13.1 Å². The number of hydrogen-bond acceptors (Lipinski definition) is 3. The third-order valence-corrected chi connectivity index (χ3v) is 7.18. The summed E-state index contributed by atoms with van der Waals surface area (Å²) >= 11 is 6.27. The van der Waals surface area contributed by atoms with E-state index in [0.717, 1.165) is 35.1 Å². The number of benzene rings is 2. The summed E-state index contributed by atoms with van der Waals surface area (Å²) in [6.07, 6.45) is 7.70. The van der Waals surface area contributed by atoms with E-state index < -0.39 is 0 Å². The van der Waals surface area contributed by atoms with Gasteiger partial charge in [0.25, 0.3) is 0 Å². The summed E-state index contributed by atoms with van der Waals surface area (Å²) in [4.78, 5) is 15.5. The maximum absolute atomic E-state index is 12.8. The van der Waals surface area contributed by atoms with Crippen molar-refractivity contribution < 1.29 is 4.79 Å². The van der Waals surface area contributed by atoms with Gasteiger partial charge in [-0.05, 0) is 44.4 Å². The second-order valence-electron chi connectivity index (χ2n) is 9.17. The first-order valence-corrected chi connectivity index (χ1v) is 12.7. The molecule has 1 saturated carbocycles. The fourth-order valence-corrected chi connectivity index (χ4v) is 5.18. The van der Waals surface area contributed by atoms with Gasteiger partial charge >= 0.3 is 0 Å². The highest BCUT2D eigenvalue weighted by atomic mass is 35.5. The van der Waals surface area contributed by atoms with Gasteiger partial charge < -0.3 is 5.32 Å². The predicted molar refractivity (Wildman–Crippen MR) is 137 cm³/mol. The van der Waals surface area contributed by atoms with E-state index in [4.69, 9.17) is 16.7 Å².